The van der Waals surface area contributed by atoms with Crippen molar-refractivity contribution >= 4 is 52.1 Å². The summed E-state index contributed by atoms with van der Waals surface area (Å²) in [6, 6.07) is 2.07. The van der Waals surface area contributed by atoms with E-state index in [1.54, 1.807) is 17.6 Å². The standard InChI is InChI=1S/C24H30N4O4S2/c1-3-10-27-21(26-11-6-4-5-7-12-26)17(16(2)18(15-25)22(27)31)14-19-23(32)28(24(33)34-19)13-8-9-20(29)30/h14H,3-13H2,1-2H3,(H,29,30)/b19-14-. The van der Waals surface area contributed by atoms with Gasteiger partial charge in [-0.2, -0.15) is 5.26 Å². The second-order valence-electron chi connectivity index (χ2n) is 8.54. The van der Waals surface area contributed by atoms with Gasteiger partial charge in [-0.3, -0.25) is 23.9 Å². The Hall–Kier alpha value is -2.64. The number of thiocarbonyl (C=S) groups is 1. The van der Waals surface area contributed by atoms with Crippen LogP contribution in [0.5, 0.6) is 0 Å². The quantitative estimate of drug-likeness (QED) is 0.422. The number of nitriles is 1. The van der Waals surface area contributed by atoms with Crippen LogP contribution in [0, 0.1) is 18.3 Å². The Balaban J connectivity index is 2.12. The maximum atomic E-state index is 13.2. The molecule has 2 aliphatic heterocycles. The fraction of sp³-hybridized carbons (Fsp3) is 0.542. The number of hydrogen-bond acceptors (Lipinski definition) is 7. The molecule has 0 saturated carbocycles. The van der Waals surface area contributed by atoms with Gasteiger partial charge in [0.25, 0.3) is 11.5 Å². The molecule has 1 amide bonds. The molecule has 2 saturated heterocycles. The zero-order valence-electron chi connectivity index (χ0n) is 19.6. The van der Waals surface area contributed by atoms with Crippen LogP contribution < -0.4 is 10.5 Å². The zero-order chi connectivity index (χ0) is 24.8. The number of anilines is 1. The summed E-state index contributed by atoms with van der Waals surface area (Å²) in [4.78, 5) is 41.3. The largest absolute Gasteiger partial charge is 0.481 e. The predicted octanol–water partition coefficient (Wildman–Crippen LogP) is 3.88. The van der Waals surface area contributed by atoms with E-state index in [0.29, 0.717) is 33.3 Å². The Morgan fingerprint density at radius 1 is 1.21 bits per heavy atom. The molecule has 2 aliphatic rings. The number of carbonyl (C=O) groups is 2. The molecule has 0 aromatic carbocycles. The third kappa shape index (κ3) is 5.53. The highest BCUT2D eigenvalue weighted by atomic mass is 32.2. The molecule has 1 aromatic rings. The lowest BCUT2D eigenvalue weighted by atomic mass is 10.0. The summed E-state index contributed by atoms with van der Waals surface area (Å²) in [6.07, 6.45) is 7.07. The van der Waals surface area contributed by atoms with E-state index in [1.807, 2.05) is 6.92 Å². The van der Waals surface area contributed by atoms with Gasteiger partial charge in [-0.05, 0) is 44.2 Å². The lowest BCUT2D eigenvalue weighted by molar-refractivity contribution is -0.137. The molecule has 8 nitrogen and oxygen atoms in total. The lowest BCUT2D eigenvalue weighted by Crippen LogP contribution is -2.35. The van der Waals surface area contributed by atoms with Crippen LogP contribution in [0.4, 0.5) is 5.82 Å². The Labute approximate surface area is 209 Å². The van der Waals surface area contributed by atoms with Crippen molar-refractivity contribution in [3.8, 4) is 6.07 Å². The average Bonchev–Trinajstić information content (AvgIpc) is 2.97. The smallest absolute Gasteiger partial charge is 0.303 e. The van der Waals surface area contributed by atoms with Gasteiger partial charge in [0.1, 0.15) is 21.8 Å². The fourth-order valence-electron chi connectivity index (χ4n) is 4.41. The van der Waals surface area contributed by atoms with Crippen molar-refractivity contribution in [3.63, 3.8) is 0 Å². The van der Waals surface area contributed by atoms with Crippen molar-refractivity contribution in [2.75, 3.05) is 24.5 Å². The van der Waals surface area contributed by atoms with Gasteiger partial charge in [0.2, 0.25) is 0 Å². The maximum absolute atomic E-state index is 13.2. The Kier molecular flexibility index (Phi) is 8.91. The second kappa shape index (κ2) is 11.7. The van der Waals surface area contributed by atoms with E-state index in [9.17, 15) is 19.6 Å². The monoisotopic (exact) mass is 502 g/mol. The number of thioether (sulfide) groups is 1. The molecular weight excluding hydrogens is 472 g/mol. The molecule has 3 heterocycles. The molecule has 10 heteroatoms. The van der Waals surface area contributed by atoms with Gasteiger partial charge in [-0.15, -0.1) is 0 Å². The highest BCUT2D eigenvalue weighted by Gasteiger charge is 2.33. The van der Waals surface area contributed by atoms with Gasteiger partial charge < -0.3 is 10.0 Å². The molecule has 3 rings (SSSR count). The molecule has 0 unspecified atom stereocenters. The first-order chi connectivity index (χ1) is 16.3. The van der Waals surface area contributed by atoms with Crippen LogP contribution >= 0.6 is 24.0 Å². The molecule has 0 spiro atoms. The van der Waals surface area contributed by atoms with Crippen LogP contribution in [0.2, 0.25) is 0 Å². The summed E-state index contributed by atoms with van der Waals surface area (Å²) >= 11 is 6.57. The molecule has 0 radical (unpaired) electrons. The summed E-state index contributed by atoms with van der Waals surface area (Å²) in [7, 11) is 0. The Bertz CT molecular complexity index is 1110. The zero-order valence-corrected chi connectivity index (χ0v) is 21.3. The molecule has 1 aromatic heterocycles. The normalized spacial score (nSPS) is 17.9. The van der Waals surface area contributed by atoms with Crippen LogP contribution in [0.15, 0.2) is 9.70 Å². The van der Waals surface area contributed by atoms with Crippen LogP contribution in [-0.4, -0.2) is 50.4 Å². The minimum atomic E-state index is -0.916. The fourth-order valence-corrected chi connectivity index (χ4v) is 5.70. The maximum Gasteiger partial charge on any atom is 0.303 e. The number of amides is 1. The van der Waals surface area contributed by atoms with Gasteiger partial charge in [0, 0.05) is 38.2 Å². The number of rotatable bonds is 8. The first-order valence-electron chi connectivity index (χ1n) is 11.7. The highest BCUT2D eigenvalue weighted by Crippen LogP contribution is 2.36. The number of pyridine rings is 1. The third-order valence-electron chi connectivity index (χ3n) is 6.12. The second-order valence-corrected chi connectivity index (χ2v) is 10.2. The number of carboxylic acid groups (broad SMARTS) is 1. The number of carbonyl (C=O) groups excluding carboxylic acids is 1. The summed E-state index contributed by atoms with van der Waals surface area (Å²) < 4.78 is 2.08. The molecule has 2 fully saturated rings. The first kappa shape index (κ1) is 26.0. The van der Waals surface area contributed by atoms with Gasteiger partial charge in [0.15, 0.2) is 0 Å². The van der Waals surface area contributed by atoms with E-state index in [1.165, 1.54) is 16.7 Å². The predicted molar refractivity (Wildman–Crippen MR) is 138 cm³/mol. The van der Waals surface area contributed by atoms with Crippen molar-refractivity contribution in [2.45, 2.75) is 65.3 Å². The number of aromatic nitrogens is 1. The van der Waals surface area contributed by atoms with E-state index >= 15 is 0 Å². The first-order valence-corrected chi connectivity index (χ1v) is 12.9. The van der Waals surface area contributed by atoms with Crippen molar-refractivity contribution < 1.29 is 14.7 Å². The van der Waals surface area contributed by atoms with Crippen LogP contribution in [-0.2, 0) is 16.1 Å². The van der Waals surface area contributed by atoms with Gasteiger partial charge >= 0.3 is 5.97 Å². The average molecular weight is 503 g/mol. The van der Waals surface area contributed by atoms with E-state index in [4.69, 9.17) is 17.3 Å². The van der Waals surface area contributed by atoms with Gasteiger partial charge in [0.05, 0.1) is 4.91 Å². The van der Waals surface area contributed by atoms with Crippen LogP contribution in [0.25, 0.3) is 6.08 Å². The molecule has 0 bridgehead atoms. The topological polar surface area (TPSA) is 107 Å². The molecule has 1 N–H and O–H groups in total. The Morgan fingerprint density at radius 2 is 1.88 bits per heavy atom. The lowest BCUT2D eigenvalue weighted by Gasteiger charge is -2.29. The minimum absolute atomic E-state index is 0.0398. The van der Waals surface area contributed by atoms with Crippen LogP contribution in [0.1, 0.15) is 68.6 Å². The number of aliphatic carboxylic acids is 1. The summed E-state index contributed by atoms with van der Waals surface area (Å²) in [5, 5.41) is 18.7. The van der Waals surface area contributed by atoms with Crippen molar-refractivity contribution in [3.05, 3.63) is 31.9 Å². The Morgan fingerprint density at radius 3 is 2.47 bits per heavy atom. The van der Waals surface area contributed by atoms with Crippen molar-refractivity contribution in [1.29, 1.82) is 5.26 Å². The number of carboxylic acids is 1. The molecule has 0 atom stereocenters. The van der Waals surface area contributed by atoms with Crippen molar-refractivity contribution in [2.24, 2.45) is 0 Å². The number of nitrogens with zero attached hydrogens (tertiary/aromatic N) is 4. The summed E-state index contributed by atoms with van der Waals surface area (Å²) in [5.74, 6) is -0.421. The third-order valence-corrected chi connectivity index (χ3v) is 7.50. The van der Waals surface area contributed by atoms with E-state index in [-0.39, 0.29) is 30.0 Å². The van der Waals surface area contributed by atoms with Crippen LogP contribution in [0.3, 0.4) is 0 Å². The molecular formula is C24H30N4O4S2. The molecule has 34 heavy (non-hydrogen) atoms. The SMILES string of the molecule is CCCn1c(N2CCCCCC2)c(/C=C2\SC(=S)N(CCCC(=O)O)C2=O)c(C)c(C#N)c1=O. The highest BCUT2D eigenvalue weighted by molar-refractivity contribution is 8.26. The van der Waals surface area contributed by atoms with E-state index in [0.717, 1.165) is 51.0 Å². The van der Waals surface area contributed by atoms with Crippen molar-refractivity contribution in [1.82, 2.24) is 9.47 Å². The summed E-state index contributed by atoms with van der Waals surface area (Å²) in [5.41, 5.74) is 1.07. The van der Waals surface area contributed by atoms with Gasteiger partial charge in [-0.25, -0.2) is 0 Å². The molecule has 182 valence electrons. The number of hydrogen-bond donors (Lipinski definition) is 1. The summed E-state index contributed by atoms with van der Waals surface area (Å²) in [6.45, 7) is 6.10. The molecule has 0 aliphatic carbocycles. The van der Waals surface area contributed by atoms with Gasteiger partial charge in [-0.1, -0.05) is 43.7 Å². The van der Waals surface area contributed by atoms with E-state index < -0.39 is 5.97 Å². The van der Waals surface area contributed by atoms with E-state index in [2.05, 4.69) is 11.0 Å². The minimum Gasteiger partial charge on any atom is -0.481 e.